The largest absolute Gasteiger partial charge is 0.456 e. The number of rotatable bonds is 4. The lowest BCUT2D eigenvalue weighted by Crippen LogP contribution is -1.93. The fourth-order valence-electron chi connectivity index (χ4n) is 5.50. The van der Waals surface area contributed by atoms with Crippen LogP contribution >= 0.6 is 0 Å². The van der Waals surface area contributed by atoms with Gasteiger partial charge in [0.1, 0.15) is 17.2 Å². The molecule has 3 nitrogen and oxygen atoms in total. The third kappa shape index (κ3) is 4.33. The molecule has 6 aromatic carbocycles. The highest BCUT2D eigenvalue weighted by Crippen LogP contribution is 2.39. The summed E-state index contributed by atoms with van der Waals surface area (Å²) in [6, 6.07) is 49.4. The van der Waals surface area contributed by atoms with Gasteiger partial charge in [0, 0.05) is 21.9 Å². The first-order valence-electron chi connectivity index (χ1n) is 13.4. The highest BCUT2D eigenvalue weighted by molar-refractivity contribution is 6.06. The third-order valence-corrected chi connectivity index (χ3v) is 7.57. The van der Waals surface area contributed by atoms with Crippen LogP contribution in [0.25, 0.3) is 66.4 Å². The Hall–Kier alpha value is -5.90. The first-order valence-corrected chi connectivity index (χ1v) is 13.4. The van der Waals surface area contributed by atoms with Crippen molar-refractivity contribution in [1.29, 1.82) is 10.5 Å². The van der Waals surface area contributed by atoms with E-state index in [2.05, 4.69) is 66.7 Å². The molecular weight excluding hydrogens is 500 g/mol. The van der Waals surface area contributed by atoms with E-state index >= 15 is 0 Å². The van der Waals surface area contributed by atoms with Crippen LogP contribution in [0.5, 0.6) is 0 Å². The van der Waals surface area contributed by atoms with E-state index in [1.165, 1.54) is 0 Å². The SMILES string of the molecule is N#Cc1ccc2c(c1)oc1ccc(-c3cc(-c4ccccc4)c(C#N)c(-c4ccc(-c5ccccc5)cc4)c3)cc12. The van der Waals surface area contributed by atoms with Crippen molar-refractivity contribution >= 4 is 21.9 Å². The number of hydrogen-bond donors (Lipinski definition) is 0. The molecule has 0 aliphatic carbocycles. The lowest BCUT2D eigenvalue weighted by atomic mass is 9.87. The van der Waals surface area contributed by atoms with Gasteiger partial charge in [-0.05, 0) is 75.8 Å². The second-order valence-corrected chi connectivity index (χ2v) is 10.0. The van der Waals surface area contributed by atoms with Gasteiger partial charge in [-0.3, -0.25) is 0 Å². The molecule has 1 aromatic heterocycles. The average Bonchev–Trinajstić information content (AvgIpc) is 3.42. The Labute approximate surface area is 237 Å². The number of benzene rings is 6. The van der Waals surface area contributed by atoms with Crippen molar-refractivity contribution in [3.8, 4) is 56.6 Å². The smallest absolute Gasteiger partial charge is 0.136 e. The van der Waals surface area contributed by atoms with E-state index in [0.717, 1.165) is 60.9 Å². The third-order valence-electron chi connectivity index (χ3n) is 7.57. The summed E-state index contributed by atoms with van der Waals surface area (Å²) in [6.45, 7) is 0. The van der Waals surface area contributed by atoms with Gasteiger partial charge in [-0.2, -0.15) is 10.5 Å². The molecule has 0 N–H and O–H groups in total. The van der Waals surface area contributed by atoms with E-state index in [-0.39, 0.29) is 0 Å². The van der Waals surface area contributed by atoms with Crippen LogP contribution in [0.3, 0.4) is 0 Å². The summed E-state index contributed by atoms with van der Waals surface area (Å²) >= 11 is 0. The Balaban J connectivity index is 1.42. The molecule has 0 aliphatic heterocycles. The van der Waals surface area contributed by atoms with E-state index in [4.69, 9.17) is 4.42 Å². The molecule has 0 fully saturated rings. The molecule has 7 aromatic rings. The molecule has 0 saturated heterocycles. The van der Waals surface area contributed by atoms with Gasteiger partial charge in [-0.25, -0.2) is 0 Å². The molecular formula is C38H22N2O. The van der Waals surface area contributed by atoms with Crippen molar-refractivity contribution in [2.75, 3.05) is 0 Å². The van der Waals surface area contributed by atoms with E-state index in [9.17, 15) is 10.5 Å². The van der Waals surface area contributed by atoms with Gasteiger partial charge in [0.05, 0.1) is 17.2 Å². The maximum Gasteiger partial charge on any atom is 0.136 e. The Kier molecular flexibility index (Phi) is 5.90. The molecule has 7 rings (SSSR count). The molecule has 3 heteroatoms. The van der Waals surface area contributed by atoms with Crippen molar-refractivity contribution < 1.29 is 4.42 Å². The number of nitrogens with zero attached hydrogens (tertiary/aromatic N) is 2. The molecule has 0 unspecified atom stereocenters. The van der Waals surface area contributed by atoms with Crippen LogP contribution in [0, 0.1) is 22.7 Å². The average molecular weight is 523 g/mol. The summed E-state index contributed by atoms with van der Waals surface area (Å²) in [4.78, 5) is 0. The van der Waals surface area contributed by atoms with Crippen LogP contribution in [0.15, 0.2) is 138 Å². The quantitative estimate of drug-likeness (QED) is 0.231. The minimum absolute atomic E-state index is 0.569. The zero-order chi connectivity index (χ0) is 27.8. The van der Waals surface area contributed by atoms with Crippen LogP contribution in [0.2, 0.25) is 0 Å². The van der Waals surface area contributed by atoms with Gasteiger partial charge < -0.3 is 4.42 Å². The molecule has 41 heavy (non-hydrogen) atoms. The summed E-state index contributed by atoms with van der Waals surface area (Å²) in [6.07, 6.45) is 0. The molecule has 0 spiro atoms. The van der Waals surface area contributed by atoms with Gasteiger partial charge in [0.15, 0.2) is 0 Å². The Morgan fingerprint density at radius 1 is 0.415 bits per heavy atom. The molecule has 0 atom stereocenters. The zero-order valence-electron chi connectivity index (χ0n) is 22.0. The molecule has 0 bridgehead atoms. The number of furan rings is 1. The van der Waals surface area contributed by atoms with Gasteiger partial charge in [0.2, 0.25) is 0 Å². The normalized spacial score (nSPS) is 10.9. The van der Waals surface area contributed by atoms with Gasteiger partial charge in [-0.15, -0.1) is 0 Å². The summed E-state index contributed by atoms with van der Waals surface area (Å²) in [5.41, 5.74) is 10.8. The topological polar surface area (TPSA) is 60.7 Å². The molecule has 190 valence electrons. The fourth-order valence-corrected chi connectivity index (χ4v) is 5.50. The predicted molar refractivity (Wildman–Crippen MR) is 165 cm³/mol. The van der Waals surface area contributed by atoms with Crippen LogP contribution in [-0.2, 0) is 0 Å². The summed E-state index contributed by atoms with van der Waals surface area (Å²) < 4.78 is 6.06. The van der Waals surface area contributed by atoms with Crippen LogP contribution in [0.4, 0.5) is 0 Å². The zero-order valence-corrected chi connectivity index (χ0v) is 22.0. The second kappa shape index (κ2) is 10.0. The van der Waals surface area contributed by atoms with Crippen molar-refractivity contribution in [2.45, 2.75) is 0 Å². The standard InChI is InChI=1S/C38H22N2O/c39-23-25-11-17-32-35-20-30(16-18-37(35)41-38(32)19-25)31-21-33(28-9-5-2-6-10-28)36(24-40)34(22-31)29-14-12-27(13-15-29)26-7-3-1-4-8-26/h1-22H. The molecule has 1 heterocycles. The fraction of sp³-hybridized carbons (Fsp3) is 0. The van der Waals surface area contributed by atoms with Gasteiger partial charge >= 0.3 is 0 Å². The van der Waals surface area contributed by atoms with E-state index in [1.54, 1.807) is 6.07 Å². The number of nitriles is 2. The Bertz CT molecular complexity index is 2140. The molecule has 0 amide bonds. The van der Waals surface area contributed by atoms with E-state index in [0.29, 0.717) is 16.7 Å². The minimum Gasteiger partial charge on any atom is -0.456 e. The number of fused-ring (bicyclic) bond motifs is 3. The second-order valence-electron chi connectivity index (χ2n) is 10.0. The molecule has 0 saturated carbocycles. The maximum atomic E-state index is 10.4. The van der Waals surface area contributed by atoms with Crippen LogP contribution < -0.4 is 0 Å². The lowest BCUT2D eigenvalue weighted by molar-refractivity contribution is 0.669. The van der Waals surface area contributed by atoms with E-state index < -0.39 is 0 Å². The lowest BCUT2D eigenvalue weighted by Gasteiger charge is -2.15. The van der Waals surface area contributed by atoms with Crippen molar-refractivity contribution in [3.63, 3.8) is 0 Å². The van der Waals surface area contributed by atoms with E-state index in [1.807, 2.05) is 72.8 Å². The maximum absolute atomic E-state index is 10.4. The Morgan fingerprint density at radius 3 is 1.66 bits per heavy atom. The first kappa shape index (κ1) is 24.2. The monoisotopic (exact) mass is 522 g/mol. The highest BCUT2D eigenvalue weighted by Gasteiger charge is 2.17. The predicted octanol–water partition coefficient (Wildman–Crippen LogP) is 10.00. The van der Waals surface area contributed by atoms with Crippen molar-refractivity contribution in [1.82, 2.24) is 0 Å². The van der Waals surface area contributed by atoms with Gasteiger partial charge in [-0.1, -0.05) is 91.0 Å². The van der Waals surface area contributed by atoms with Crippen LogP contribution in [0.1, 0.15) is 11.1 Å². The molecule has 0 aliphatic rings. The number of hydrogen-bond acceptors (Lipinski definition) is 3. The van der Waals surface area contributed by atoms with Crippen LogP contribution in [-0.4, -0.2) is 0 Å². The van der Waals surface area contributed by atoms with Gasteiger partial charge in [0.25, 0.3) is 0 Å². The Morgan fingerprint density at radius 2 is 1.00 bits per heavy atom. The molecule has 0 radical (unpaired) electrons. The summed E-state index contributed by atoms with van der Waals surface area (Å²) in [7, 11) is 0. The minimum atomic E-state index is 0.569. The summed E-state index contributed by atoms with van der Waals surface area (Å²) in [5, 5.41) is 21.7. The van der Waals surface area contributed by atoms with Crippen molar-refractivity contribution in [2.24, 2.45) is 0 Å². The first-order chi connectivity index (χ1) is 20.2. The van der Waals surface area contributed by atoms with Crippen molar-refractivity contribution in [3.05, 3.63) is 145 Å². The highest BCUT2D eigenvalue weighted by atomic mass is 16.3. The summed E-state index contributed by atoms with van der Waals surface area (Å²) in [5.74, 6) is 0.